The van der Waals surface area contributed by atoms with Crippen molar-refractivity contribution >= 4 is 21.9 Å². The molecule has 2 aromatic carbocycles. The minimum absolute atomic E-state index is 0.0302. The zero-order valence-electron chi connectivity index (χ0n) is 13.4. The summed E-state index contributed by atoms with van der Waals surface area (Å²) in [4.78, 5) is 11.7. The molecule has 23 heavy (non-hydrogen) atoms. The van der Waals surface area contributed by atoms with Crippen LogP contribution in [-0.2, 0) is 4.74 Å². The highest BCUT2D eigenvalue weighted by Gasteiger charge is 2.14. The summed E-state index contributed by atoms with van der Waals surface area (Å²) in [6.45, 7) is 4.31. The zero-order chi connectivity index (χ0) is 16.7. The Labute approximate surface area is 145 Å². The maximum atomic E-state index is 11.7. The molecule has 0 aromatic heterocycles. The largest absolute Gasteiger partial charge is 0.486 e. The molecular weight excluding hydrogens is 356 g/mol. The number of rotatable bonds is 7. The van der Waals surface area contributed by atoms with E-state index in [2.05, 4.69) is 22.9 Å². The van der Waals surface area contributed by atoms with E-state index in [0.717, 1.165) is 28.6 Å². The van der Waals surface area contributed by atoms with Crippen LogP contribution in [0.1, 0.15) is 48.7 Å². The summed E-state index contributed by atoms with van der Waals surface area (Å²) in [5.74, 6) is 0.543. The monoisotopic (exact) mass is 376 g/mol. The van der Waals surface area contributed by atoms with Crippen LogP contribution >= 0.6 is 15.9 Å². The molecule has 0 saturated carbocycles. The molecule has 122 valence electrons. The molecular formula is C19H21BrO3. The second-order valence-electron chi connectivity index (χ2n) is 5.19. The minimum Gasteiger partial charge on any atom is -0.486 e. The van der Waals surface area contributed by atoms with Gasteiger partial charge in [0.1, 0.15) is 11.9 Å². The normalized spacial score (nSPS) is 11.8. The summed E-state index contributed by atoms with van der Waals surface area (Å²) in [6.07, 6.45) is 1.90. The molecule has 2 rings (SSSR count). The van der Waals surface area contributed by atoms with Crippen LogP contribution in [-0.4, -0.2) is 12.6 Å². The Bertz CT molecular complexity index is 620. The quantitative estimate of drug-likeness (QED) is 0.594. The van der Waals surface area contributed by atoms with E-state index in [4.69, 9.17) is 9.47 Å². The van der Waals surface area contributed by atoms with Gasteiger partial charge in [0.2, 0.25) is 0 Å². The molecule has 2 aromatic rings. The van der Waals surface area contributed by atoms with E-state index in [1.165, 1.54) is 0 Å². The summed E-state index contributed by atoms with van der Waals surface area (Å²) >= 11 is 3.42. The van der Waals surface area contributed by atoms with Crippen molar-refractivity contribution in [1.29, 1.82) is 0 Å². The van der Waals surface area contributed by atoms with Gasteiger partial charge < -0.3 is 9.47 Å². The van der Waals surface area contributed by atoms with Gasteiger partial charge in [-0.1, -0.05) is 41.4 Å². The number of esters is 1. The molecule has 1 unspecified atom stereocenters. The fourth-order valence-corrected chi connectivity index (χ4v) is 2.55. The molecule has 0 aliphatic heterocycles. The number of hydrogen-bond donors (Lipinski definition) is 0. The van der Waals surface area contributed by atoms with Gasteiger partial charge in [-0.25, -0.2) is 4.79 Å². The number of ether oxygens (including phenoxy) is 2. The van der Waals surface area contributed by atoms with E-state index < -0.39 is 0 Å². The smallest absolute Gasteiger partial charge is 0.338 e. The average molecular weight is 377 g/mol. The third kappa shape index (κ3) is 5.10. The van der Waals surface area contributed by atoms with Crippen LogP contribution in [0.5, 0.6) is 5.75 Å². The highest BCUT2D eigenvalue weighted by molar-refractivity contribution is 9.10. The second-order valence-corrected chi connectivity index (χ2v) is 6.11. The molecule has 0 aliphatic rings. The first-order valence-electron chi connectivity index (χ1n) is 7.83. The molecule has 1 atom stereocenters. The van der Waals surface area contributed by atoms with Gasteiger partial charge in [0.15, 0.2) is 0 Å². The Hall–Kier alpha value is -1.81. The molecule has 0 fully saturated rings. The maximum Gasteiger partial charge on any atom is 0.338 e. The van der Waals surface area contributed by atoms with Crippen LogP contribution in [0.15, 0.2) is 53.0 Å². The van der Waals surface area contributed by atoms with Gasteiger partial charge in [0, 0.05) is 4.47 Å². The second kappa shape index (κ2) is 8.73. The molecule has 0 amide bonds. The third-order valence-electron chi connectivity index (χ3n) is 3.44. The summed E-state index contributed by atoms with van der Waals surface area (Å²) < 4.78 is 12.1. The van der Waals surface area contributed by atoms with E-state index >= 15 is 0 Å². The van der Waals surface area contributed by atoms with Gasteiger partial charge in [0.05, 0.1) is 12.2 Å². The molecule has 0 N–H and O–H groups in total. The summed E-state index contributed by atoms with van der Waals surface area (Å²) in [6, 6.07) is 15.3. The van der Waals surface area contributed by atoms with Crippen molar-refractivity contribution in [2.45, 2.75) is 32.8 Å². The first-order valence-corrected chi connectivity index (χ1v) is 8.62. The summed E-state index contributed by atoms with van der Waals surface area (Å²) in [7, 11) is 0. The Morgan fingerprint density at radius 1 is 1.04 bits per heavy atom. The number of carbonyl (C=O) groups is 1. The number of hydrogen-bond acceptors (Lipinski definition) is 3. The van der Waals surface area contributed by atoms with Crippen LogP contribution < -0.4 is 4.74 Å². The van der Waals surface area contributed by atoms with E-state index in [-0.39, 0.29) is 12.1 Å². The lowest BCUT2D eigenvalue weighted by Crippen LogP contribution is -2.09. The first-order chi connectivity index (χ1) is 11.1. The first kappa shape index (κ1) is 17.5. The van der Waals surface area contributed by atoms with Crippen LogP contribution in [0.4, 0.5) is 0 Å². The fraction of sp³-hybridized carbons (Fsp3) is 0.316. The van der Waals surface area contributed by atoms with E-state index in [1.54, 1.807) is 19.1 Å². The van der Waals surface area contributed by atoms with Crippen molar-refractivity contribution in [2.75, 3.05) is 6.61 Å². The van der Waals surface area contributed by atoms with Crippen molar-refractivity contribution in [3.05, 3.63) is 64.1 Å². The van der Waals surface area contributed by atoms with Gasteiger partial charge in [-0.05, 0) is 55.3 Å². The fourth-order valence-electron chi connectivity index (χ4n) is 2.28. The molecule has 4 heteroatoms. The van der Waals surface area contributed by atoms with Gasteiger partial charge in [-0.2, -0.15) is 0 Å². The Kier molecular flexibility index (Phi) is 6.66. The number of carbonyl (C=O) groups excluding carboxylic acids is 1. The van der Waals surface area contributed by atoms with E-state index in [1.807, 2.05) is 36.4 Å². The molecule has 0 spiro atoms. The van der Waals surface area contributed by atoms with Crippen molar-refractivity contribution in [2.24, 2.45) is 0 Å². The SMILES string of the molecule is CCCC(Oc1ccc(Br)cc1)c1ccc(C(=O)OCC)cc1. The molecule has 0 radical (unpaired) electrons. The van der Waals surface area contributed by atoms with Crippen LogP contribution in [0.25, 0.3) is 0 Å². The topological polar surface area (TPSA) is 35.5 Å². The third-order valence-corrected chi connectivity index (χ3v) is 3.97. The predicted molar refractivity (Wildman–Crippen MR) is 94.8 cm³/mol. The van der Waals surface area contributed by atoms with Crippen LogP contribution in [0.3, 0.4) is 0 Å². The van der Waals surface area contributed by atoms with Gasteiger partial charge >= 0.3 is 5.97 Å². The van der Waals surface area contributed by atoms with Crippen molar-refractivity contribution in [3.63, 3.8) is 0 Å². The van der Waals surface area contributed by atoms with Crippen molar-refractivity contribution in [3.8, 4) is 5.75 Å². The zero-order valence-corrected chi connectivity index (χ0v) is 15.0. The highest BCUT2D eigenvalue weighted by atomic mass is 79.9. The molecule has 0 bridgehead atoms. The maximum absolute atomic E-state index is 11.7. The lowest BCUT2D eigenvalue weighted by Gasteiger charge is -2.19. The molecule has 3 nitrogen and oxygen atoms in total. The minimum atomic E-state index is -0.292. The molecule has 0 heterocycles. The Balaban J connectivity index is 2.13. The molecule has 0 saturated heterocycles. The lowest BCUT2D eigenvalue weighted by atomic mass is 10.0. The Morgan fingerprint density at radius 3 is 2.26 bits per heavy atom. The Morgan fingerprint density at radius 2 is 1.70 bits per heavy atom. The lowest BCUT2D eigenvalue weighted by molar-refractivity contribution is 0.0526. The summed E-state index contributed by atoms with van der Waals surface area (Å²) in [5.41, 5.74) is 1.62. The van der Waals surface area contributed by atoms with Gasteiger partial charge in [0.25, 0.3) is 0 Å². The number of benzene rings is 2. The van der Waals surface area contributed by atoms with Crippen LogP contribution in [0, 0.1) is 0 Å². The van der Waals surface area contributed by atoms with Crippen molar-refractivity contribution in [1.82, 2.24) is 0 Å². The van der Waals surface area contributed by atoms with Crippen LogP contribution in [0.2, 0.25) is 0 Å². The summed E-state index contributed by atoms with van der Waals surface area (Å²) in [5, 5.41) is 0. The van der Waals surface area contributed by atoms with Crippen molar-refractivity contribution < 1.29 is 14.3 Å². The van der Waals surface area contributed by atoms with E-state index in [9.17, 15) is 4.79 Å². The number of halogens is 1. The predicted octanol–water partition coefficient (Wildman–Crippen LogP) is 5.55. The van der Waals surface area contributed by atoms with Gasteiger partial charge in [-0.15, -0.1) is 0 Å². The van der Waals surface area contributed by atoms with Gasteiger partial charge in [-0.3, -0.25) is 0 Å². The highest BCUT2D eigenvalue weighted by Crippen LogP contribution is 2.27. The standard InChI is InChI=1S/C19H21BrO3/c1-3-5-18(23-17-12-10-16(20)11-13-17)14-6-8-15(9-7-14)19(21)22-4-2/h6-13,18H,3-5H2,1-2H3. The van der Waals surface area contributed by atoms with E-state index in [0.29, 0.717) is 12.2 Å². The molecule has 0 aliphatic carbocycles. The average Bonchev–Trinajstić information content (AvgIpc) is 2.57.